The molecule has 2 fully saturated rings. The lowest BCUT2D eigenvalue weighted by Crippen LogP contribution is -2.48. The highest BCUT2D eigenvalue weighted by Crippen LogP contribution is 2.32. The van der Waals surface area contributed by atoms with Crippen molar-refractivity contribution in [2.45, 2.75) is 70.0 Å². The van der Waals surface area contributed by atoms with Gasteiger partial charge in [0.05, 0.1) is 5.69 Å². The molecule has 1 N–H and O–H groups in total. The number of amides is 1. The molecule has 1 aromatic heterocycles. The van der Waals surface area contributed by atoms with E-state index in [-0.39, 0.29) is 18.3 Å². The van der Waals surface area contributed by atoms with Crippen molar-refractivity contribution in [1.82, 2.24) is 20.0 Å². The van der Waals surface area contributed by atoms with E-state index < -0.39 is 0 Å². The maximum Gasteiger partial charge on any atom is 0.274 e. The van der Waals surface area contributed by atoms with Crippen LogP contribution < -0.4 is 5.32 Å². The number of carbonyl (C=O) groups is 1. The number of rotatable bonds is 3. The number of nitrogens with one attached hydrogen (secondary N) is 1. The topological polar surface area (TPSA) is 50.2 Å². The Morgan fingerprint density at radius 2 is 1.82 bits per heavy atom. The van der Waals surface area contributed by atoms with E-state index in [1.165, 1.54) is 29.7 Å². The van der Waals surface area contributed by atoms with Gasteiger partial charge in [-0.1, -0.05) is 17.7 Å². The first-order chi connectivity index (χ1) is 13.1. The number of fused-ring (bicyclic) bond motifs is 3. The van der Waals surface area contributed by atoms with Gasteiger partial charge in [0.25, 0.3) is 5.91 Å². The summed E-state index contributed by atoms with van der Waals surface area (Å²) >= 11 is 0. The fourth-order valence-electron chi connectivity index (χ4n) is 5.19. The Hall–Kier alpha value is -1.85. The first-order valence-electron chi connectivity index (χ1n) is 10.3. The highest BCUT2D eigenvalue weighted by molar-refractivity contribution is 5.94. The molecule has 0 radical (unpaired) electrons. The number of nitrogens with zero attached hydrogens (tertiary/aromatic N) is 3. The van der Waals surface area contributed by atoms with Crippen LogP contribution in [-0.4, -0.2) is 45.8 Å². The molecule has 2 unspecified atom stereocenters. The predicted octanol–water partition coefficient (Wildman–Crippen LogP) is 3.45. The number of aryl methyl sites for hydroxylation is 1. The first-order valence-corrected chi connectivity index (χ1v) is 10.3. The van der Waals surface area contributed by atoms with Crippen LogP contribution in [0.4, 0.5) is 0 Å². The van der Waals surface area contributed by atoms with Gasteiger partial charge in [0.2, 0.25) is 0 Å². The number of aromatic nitrogens is 2. The van der Waals surface area contributed by atoms with Crippen LogP contribution in [-0.2, 0) is 12.8 Å². The Kier molecular flexibility index (Phi) is 5.23. The van der Waals surface area contributed by atoms with Gasteiger partial charge in [0.1, 0.15) is 0 Å². The van der Waals surface area contributed by atoms with Crippen LogP contribution in [0.25, 0.3) is 5.69 Å². The molecular formula is C22H29ClN4O. The second-order valence-electron chi connectivity index (χ2n) is 8.55. The summed E-state index contributed by atoms with van der Waals surface area (Å²) in [6.07, 6.45) is 7.72. The zero-order chi connectivity index (χ0) is 18.5. The Labute approximate surface area is 172 Å². The normalized spacial score (nSPS) is 25.3. The molecule has 5 rings (SSSR count). The van der Waals surface area contributed by atoms with E-state index in [0.29, 0.717) is 23.8 Å². The molecule has 2 bridgehead atoms. The van der Waals surface area contributed by atoms with Crippen molar-refractivity contribution in [2.75, 3.05) is 7.05 Å². The molecule has 28 heavy (non-hydrogen) atoms. The molecule has 6 heteroatoms. The van der Waals surface area contributed by atoms with Crippen molar-refractivity contribution in [3.8, 4) is 5.69 Å². The number of halogens is 1. The Morgan fingerprint density at radius 1 is 1.14 bits per heavy atom. The minimum Gasteiger partial charge on any atom is -0.337 e. The molecule has 2 atom stereocenters. The third kappa shape index (κ3) is 3.25. The molecule has 2 saturated heterocycles. The second kappa shape index (κ2) is 7.53. The van der Waals surface area contributed by atoms with Crippen LogP contribution in [0.3, 0.4) is 0 Å². The molecule has 2 aliphatic heterocycles. The van der Waals surface area contributed by atoms with Crippen molar-refractivity contribution in [3.63, 3.8) is 0 Å². The minimum absolute atomic E-state index is 0. The molecule has 1 aliphatic carbocycles. The van der Waals surface area contributed by atoms with Gasteiger partial charge in [-0.25, -0.2) is 4.68 Å². The maximum atomic E-state index is 13.4. The van der Waals surface area contributed by atoms with Crippen molar-refractivity contribution in [3.05, 3.63) is 46.8 Å². The van der Waals surface area contributed by atoms with Crippen LogP contribution >= 0.6 is 12.4 Å². The first kappa shape index (κ1) is 19.5. The molecular weight excluding hydrogens is 372 g/mol. The third-order valence-corrected chi connectivity index (χ3v) is 6.73. The average Bonchev–Trinajstić information content (AvgIpc) is 3.36. The highest BCUT2D eigenvalue weighted by Gasteiger charge is 2.38. The molecule has 2 aromatic rings. The summed E-state index contributed by atoms with van der Waals surface area (Å²) in [5.74, 6) is 0.102. The summed E-state index contributed by atoms with van der Waals surface area (Å²) in [5.41, 5.74) is 5.36. The molecule has 150 valence electrons. The van der Waals surface area contributed by atoms with Gasteiger partial charge < -0.3 is 10.2 Å². The average molecular weight is 401 g/mol. The van der Waals surface area contributed by atoms with Gasteiger partial charge in [-0.15, -0.1) is 12.4 Å². The Balaban J connectivity index is 0.00000192. The van der Waals surface area contributed by atoms with Crippen molar-refractivity contribution in [2.24, 2.45) is 0 Å². The van der Waals surface area contributed by atoms with Gasteiger partial charge in [0, 0.05) is 36.4 Å². The van der Waals surface area contributed by atoms with Crippen LogP contribution in [0.5, 0.6) is 0 Å². The van der Waals surface area contributed by atoms with Gasteiger partial charge in [-0.05, 0) is 64.0 Å². The molecule has 5 nitrogen and oxygen atoms in total. The number of benzene rings is 1. The van der Waals surface area contributed by atoms with E-state index >= 15 is 0 Å². The number of hydrogen-bond acceptors (Lipinski definition) is 3. The number of piperidine rings is 1. The van der Waals surface area contributed by atoms with Crippen LogP contribution in [0, 0.1) is 6.92 Å². The van der Waals surface area contributed by atoms with E-state index in [9.17, 15) is 4.79 Å². The van der Waals surface area contributed by atoms with Crippen molar-refractivity contribution in [1.29, 1.82) is 0 Å². The molecule has 3 heterocycles. The summed E-state index contributed by atoms with van der Waals surface area (Å²) in [4.78, 5) is 15.3. The van der Waals surface area contributed by atoms with E-state index in [0.717, 1.165) is 37.8 Å². The molecule has 1 aromatic carbocycles. The smallest absolute Gasteiger partial charge is 0.274 e. The third-order valence-electron chi connectivity index (χ3n) is 6.73. The largest absolute Gasteiger partial charge is 0.337 e. The summed E-state index contributed by atoms with van der Waals surface area (Å²) in [6.45, 7) is 2.09. The molecule has 3 aliphatic rings. The maximum absolute atomic E-state index is 13.4. The lowest BCUT2D eigenvalue weighted by Gasteiger charge is -2.35. The number of carbonyl (C=O) groups excluding carboxylic acids is 1. The SMILES string of the molecule is Cc1ccc(-n2nc(C(=O)N(C)C3CC4CCC(C3)N4)c3c2CCC3)cc1.Cl. The molecule has 1 amide bonds. The van der Waals surface area contributed by atoms with E-state index in [2.05, 4.69) is 36.5 Å². The Morgan fingerprint density at radius 3 is 2.50 bits per heavy atom. The summed E-state index contributed by atoms with van der Waals surface area (Å²) in [7, 11) is 1.98. The quantitative estimate of drug-likeness (QED) is 0.858. The lowest BCUT2D eigenvalue weighted by molar-refractivity contribution is 0.0674. The van der Waals surface area contributed by atoms with Crippen LogP contribution in [0.2, 0.25) is 0 Å². The van der Waals surface area contributed by atoms with Crippen LogP contribution in [0.15, 0.2) is 24.3 Å². The molecule has 0 spiro atoms. The predicted molar refractivity (Wildman–Crippen MR) is 113 cm³/mol. The Bertz CT molecular complexity index is 863. The summed E-state index contributed by atoms with van der Waals surface area (Å²) < 4.78 is 2.01. The van der Waals surface area contributed by atoms with Crippen LogP contribution in [0.1, 0.15) is 59.4 Å². The van der Waals surface area contributed by atoms with Crippen molar-refractivity contribution >= 4 is 18.3 Å². The fourth-order valence-corrected chi connectivity index (χ4v) is 5.19. The van der Waals surface area contributed by atoms with Crippen molar-refractivity contribution < 1.29 is 4.79 Å². The van der Waals surface area contributed by atoms with Gasteiger partial charge in [-0.3, -0.25) is 4.79 Å². The van der Waals surface area contributed by atoms with Gasteiger partial charge >= 0.3 is 0 Å². The zero-order valence-corrected chi connectivity index (χ0v) is 17.5. The fraction of sp³-hybridized carbons (Fsp3) is 0.545. The lowest BCUT2D eigenvalue weighted by atomic mass is 9.98. The highest BCUT2D eigenvalue weighted by atomic mass is 35.5. The minimum atomic E-state index is 0. The van der Waals surface area contributed by atoms with E-state index in [1.807, 2.05) is 16.6 Å². The zero-order valence-electron chi connectivity index (χ0n) is 16.6. The second-order valence-corrected chi connectivity index (χ2v) is 8.55. The van der Waals surface area contributed by atoms with Gasteiger partial charge in [0.15, 0.2) is 5.69 Å². The monoisotopic (exact) mass is 400 g/mol. The van der Waals surface area contributed by atoms with Gasteiger partial charge in [-0.2, -0.15) is 5.10 Å². The standard InChI is InChI=1S/C22H28N4O.ClH/c1-14-6-10-17(11-7-14)26-20-5-3-4-19(20)21(24-26)22(27)25(2)18-12-15-8-9-16(13-18)23-15;/h6-7,10-11,15-16,18,23H,3-5,8-9,12-13H2,1-2H3;1H. The van der Waals surface area contributed by atoms with E-state index in [4.69, 9.17) is 5.10 Å². The molecule has 0 saturated carbocycles. The summed E-state index contributed by atoms with van der Waals surface area (Å²) in [5, 5.41) is 8.48. The summed E-state index contributed by atoms with van der Waals surface area (Å²) in [6, 6.07) is 9.91. The number of hydrogen-bond donors (Lipinski definition) is 1. The van der Waals surface area contributed by atoms with E-state index in [1.54, 1.807) is 0 Å².